The van der Waals surface area contributed by atoms with Crippen LogP contribution in [0.5, 0.6) is 0 Å². The Labute approximate surface area is 179 Å². The summed E-state index contributed by atoms with van der Waals surface area (Å²) in [6.07, 6.45) is 4.98. The van der Waals surface area contributed by atoms with Crippen molar-refractivity contribution in [1.29, 1.82) is 0 Å². The lowest BCUT2D eigenvalue weighted by Crippen LogP contribution is -2.34. The molecule has 0 saturated heterocycles. The summed E-state index contributed by atoms with van der Waals surface area (Å²) in [4.78, 5) is 5.19. The van der Waals surface area contributed by atoms with Gasteiger partial charge in [0.1, 0.15) is 12.0 Å². The topological polar surface area (TPSA) is 51.8 Å². The van der Waals surface area contributed by atoms with Gasteiger partial charge in [-0.25, -0.2) is 4.98 Å². The van der Waals surface area contributed by atoms with Gasteiger partial charge in [0.2, 0.25) is 0 Å². The third-order valence-corrected chi connectivity index (χ3v) is 5.43. The van der Waals surface area contributed by atoms with Gasteiger partial charge in [-0.05, 0) is 37.1 Å². The Hall–Kier alpha value is -3.50. The molecule has 11 heteroatoms. The molecule has 2 aromatic heterocycles. The average molecular weight is 448 g/mol. The zero-order valence-electron chi connectivity index (χ0n) is 16.5. The Balaban J connectivity index is 1.34. The zero-order chi connectivity index (χ0) is 22.5. The van der Waals surface area contributed by atoms with Crippen LogP contribution in [0.25, 0.3) is 17.1 Å². The molecule has 0 atom stereocenters. The molecule has 3 aromatic rings. The molecule has 6 nitrogen and oxygen atoms in total. The van der Waals surface area contributed by atoms with Crippen molar-refractivity contribution in [2.45, 2.75) is 31.0 Å². The van der Waals surface area contributed by atoms with Gasteiger partial charge in [0, 0.05) is 41.9 Å². The summed E-state index contributed by atoms with van der Waals surface area (Å²) in [6, 6.07) is 8.20. The smallest absolute Gasteiger partial charge is 0.344 e. The van der Waals surface area contributed by atoms with Gasteiger partial charge in [0.05, 0.1) is 6.33 Å². The van der Waals surface area contributed by atoms with E-state index >= 15 is 0 Å². The van der Waals surface area contributed by atoms with E-state index < -0.39 is 17.8 Å². The number of alkyl halides is 5. The minimum Gasteiger partial charge on any atom is -0.344 e. The maximum Gasteiger partial charge on any atom is 0.459 e. The Morgan fingerprint density at radius 3 is 2.53 bits per heavy atom. The van der Waals surface area contributed by atoms with Crippen molar-refractivity contribution < 1.29 is 22.0 Å². The van der Waals surface area contributed by atoms with Crippen molar-refractivity contribution in [1.82, 2.24) is 24.3 Å². The molecule has 0 N–H and O–H groups in total. The predicted octanol–water partition coefficient (Wildman–Crippen LogP) is 5.01. The highest BCUT2D eigenvalue weighted by atomic mass is 19.4. The number of benzene rings is 1. The van der Waals surface area contributed by atoms with Crippen LogP contribution < -0.4 is 4.90 Å². The Morgan fingerprint density at radius 1 is 1.03 bits per heavy atom. The van der Waals surface area contributed by atoms with E-state index in [1.165, 1.54) is 0 Å². The minimum atomic E-state index is -5.70. The van der Waals surface area contributed by atoms with E-state index in [4.69, 9.17) is 0 Å². The summed E-state index contributed by atoms with van der Waals surface area (Å²) in [5.41, 5.74) is 0.912. The molecule has 1 aliphatic carbocycles. The highest BCUT2D eigenvalue weighted by Gasteiger charge is 2.60. The molecular formula is C21H17F5N6. The second kappa shape index (κ2) is 7.28. The SMILES string of the molecule is FC(F)(F)C(F)(F)c1cn(C2=CCN(c3cccc(-c4nncn4C4CC4)c3)C=C2)cn1. The lowest BCUT2D eigenvalue weighted by molar-refractivity contribution is -0.290. The van der Waals surface area contributed by atoms with E-state index in [9.17, 15) is 22.0 Å². The van der Waals surface area contributed by atoms with E-state index in [1.807, 2.05) is 29.2 Å². The number of rotatable bonds is 5. The number of aromatic nitrogens is 5. The van der Waals surface area contributed by atoms with Crippen LogP contribution in [-0.2, 0) is 5.92 Å². The second-order valence-corrected chi connectivity index (χ2v) is 7.68. The number of imidazole rings is 1. The summed E-state index contributed by atoms with van der Waals surface area (Å²) < 4.78 is 67.9. The third-order valence-electron chi connectivity index (χ3n) is 5.43. The molecule has 2 aliphatic rings. The Morgan fingerprint density at radius 2 is 1.84 bits per heavy atom. The van der Waals surface area contributed by atoms with Gasteiger partial charge in [0.25, 0.3) is 0 Å². The second-order valence-electron chi connectivity index (χ2n) is 7.68. The van der Waals surface area contributed by atoms with Gasteiger partial charge in [0.15, 0.2) is 5.82 Å². The zero-order valence-corrected chi connectivity index (χ0v) is 16.5. The first-order valence-corrected chi connectivity index (χ1v) is 9.88. The molecule has 1 aliphatic heterocycles. The Bertz CT molecular complexity index is 1200. The van der Waals surface area contributed by atoms with Crippen molar-refractivity contribution in [3.63, 3.8) is 0 Å². The molecule has 1 fully saturated rings. The van der Waals surface area contributed by atoms with Crippen molar-refractivity contribution in [2.75, 3.05) is 11.4 Å². The fourth-order valence-electron chi connectivity index (χ4n) is 3.53. The first-order valence-electron chi connectivity index (χ1n) is 9.88. The van der Waals surface area contributed by atoms with E-state index in [-0.39, 0.29) is 0 Å². The molecule has 0 amide bonds. The van der Waals surface area contributed by atoms with E-state index in [0.717, 1.165) is 40.8 Å². The number of hydrogen-bond donors (Lipinski definition) is 0. The lowest BCUT2D eigenvalue weighted by Gasteiger charge is -2.23. The number of anilines is 1. The van der Waals surface area contributed by atoms with E-state index in [1.54, 1.807) is 24.7 Å². The van der Waals surface area contributed by atoms with Crippen LogP contribution in [0.4, 0.5) is 27.6 Å². The molecule has 1 aromatic carbocycles. The summed E-state index contributed by atoms with van der Waals surface area (Å²) in [5.74, 6) is -4.21. The van der Waals surface area contributed by atoms with Crippen LogP contribution in [0.3, 0.4) is 0 Å². The van der Waals surface area contributed by atoms with Crippen molar-refractivity contribution >= 4 is 11.4 Å². The van der Waals surface area contributed by atoms with Crippen LogP contribution in [0.15, 0.2) is 61.5 Å². The average Bonchev–Trinajstić information content (AvgIpc) is 3.28. The molecule has 5 rings (SSSR count). The molecule has 3 heterocycles. The number of hydrogen-bond acceptors (Lipinski definition) is 4. The summed E-state index contributed by atoms with van der Waals surface area (Å²) in [7, 11) is 0. The first kappa shape index (κ1) is 20.4. The molecule has 1 saturated carbocycles. The highest BCUT2D eigenvalue weighted by Crippen LogP contribution is 2.43. The normalized spacial score (nSPS) is 17.0. The van der Waals surface area contributed by atoms with Gasteiger partial charge in [-0.15, -0.1) is 10.2 Å². The lowest BCUT2D eigenvalue weighted by atomic mass is 10.1. The van der Waals surface area contributed by atoms with E-state index in [2.05, 4.69) is 19.7 Å². The summed E-state index contributed by atoms with van der Waals surface area (Å²) in [6.45, 7) is 0.397. The van der Waals surface area contributed by atoms with Crippen LogP contribution in [-0.4, -0.2) is 37.0 Å². The van der Waals surface area contributed by atoms with Gasteiger partial charge in [-0.2, -0.15) is 22.0 Å². The molecule has 166 valence electrons. The molecular weight excluding hydrogens is 431 g/mol. The fourth-order valence-corrected chi connectivity index (χ4v) is 3.53. The molecule has 0 bridgehead atoms. The van der Waals surface area contributed by atoms with Crippen LogP contribution >= 0.6 is 0 Å². The van der Waals surface area contributed by atoms with E-state index in [0.29, 0.717) is 24.5 Å². The van der Waals surface area contributed by atoms with Crippen molar-refractivity contribution in [2.24, 2.45) is 0 Å². The Kier molecular flexibility index (Phi) is 4.64. The molecule has 32 heavy (non-hydrogen) atoms. The number of halogens is 5. The summed E-state index contributed by atoms with van der Waals surface area (Å²) >= 11 is 0. The van der Waals surface area contributed by atoms with Gasteiger partial charge < -0.3 is 14.0 Å². The van der Waals surface area contributed by atoms with Crippen molar-refractivity contribution in [3.05, 3.63) is 67.2 Å². The standard InChI is InChI=1S/C21H17F5N6/c22-20(23,21(24,25)26)18-11-31(12-27-18)15-6-8-30(9-7-15)17-3-1-2-14(10-17)19-29-28-13-32(19)16-4-5-16/h1-3,6-8,10-13,16H,4-5,9H2. The predicted molar refractivity (Wildman–Crippen MR) is 107 cm³/mol. The monoisotopic (exact) mass is 448 g/mol. The number of allylic oxidation sites excluding steroid dienone is 2. The maximum absolute atomic E-state index is 13.5. The molecule has 0 radical (unpaired) electrons. The largest absolute Gasteiger partial charge is 0.459 e. The molecule has 0 spiro atoms. The van der Waals surface area contributed by atoms with Crippen molar-refractivity contribution in [3.8, 4) is 11.4 Å². The summed E-state index contributed by atoms with van der Waals surface area (Å²) in [5, 5.41) is 8.26. The van der Waals surface area contributed by atoms with Crippen LogP contribution in [0.2, 0.25) is 0 Å². The number of nitrogens with zero attached hydrogens (tertiary/aromatic N) is 6. The molecule has 0 unspecified atom stereocenters. The maximum atomic E-state index is 13.5. The van der Waals surface area contributed by atoms with Crippen LogP contribution in [0, 0.1) is 0 Å². The minimum absolute atomic E-state index is 0.397. The van der Waals surface area contributed by atoms with Crippen LogP contribution in [0.1, 0.15) is 24.6 Å². The fraction of sp³-hybridized carbons (Fsp3) is 0.286. The third kappa shape index (κ3) is 3.57. The van der Waals surface area contributed by atoms with Gasteiger partial charge in [-0.3, -0.25) is 0 Å². The quantitative estimate of drug-likeness (QED) is 0.516. The highest BCUT2D eigenvalue weighted by molar-refractivity contribution is 5.68. The first-order chi connectivity index (χ1) is 15.2. The van der Waals surface area contributed by atoms with Gasteiger partial charge in [-0.1, -0.05) is 12.1 Å². The van der Waals surface area contributed by atoms with Gasteiger partial charge >= 0.3 is 12.1 Å².